The summed E-state index contributed by atoms with van der Waals surface area (Å²) in [6.45, 7) is 2.60. The lowest BCUT2D eigenvalue weighted by Gasteiger charge is -2.16. The quantitative estimate of drug-likeness (QED) is 0.472. The Morgan fingerprint density at radius 1 is 1.15 bits per heavy atom. The number of nitrogens with one attached hydrogen (secondary N) is 1. The number of hydrogen-bond donors (Lipinski definition) is 1. The molecule has 0 aromatic heterocycles. The van der Waals surface area contributed by atoms with Gasteiger partial charge in [0, 0.05) is 12.0 Å². The third-order valence-electron chi connectivity index (χ3n) is 2.47. The Morgan fingerprint density at radius 3 is 2.38 bits per heavy atom. The smallest absolute Gasteiger partial charge is 0.334 e. The van der Waals surface area contributed by atoms with Gasteiger partial charge in [0.2, 0.25) is 0 Å². The number of ether oxygens (including phenoxy) is 1. The number of hydrogen-bond acceptors (Lipinski definition) is 3. The van der Waals surface area contributed by atoms with Crippen molar-refractivity contribution in [1.29, 1.82) is 0 Å². The van der Waals surface area contributed by atoms with Crippen molar-refractivity contribution in [2.24, 2.45) is 0 Å². The molecule has 13 heavy (non-hydrogen) atoms. The fraction of sp³-hybridized carbons (Fsp3) is 0.667. The first-order valence-corrected chi connectivity index (χ1v) is 4.46. The third-order valence-corrected chi connectivity index (χ3v) is 2.47. The summed E-state index contributed by atoms with van der Waals surface area (Å²) in [5, 5.41) is 3.27. The normalized spacial score (nSPS) is 22.6. The summed E-state index contributed by atoms with van der Waals surface area (Å²) < 4.78 is 4.90. The van der Waals surface area contributed by atoms with Crippen LogP contribution in [0.25, 0.3) is 0 Å². The maximum atomic E-state index is 11.2. The maximum Gasteiger partial charge on any atom is 0.334 e. The second-order valence-electron chi connectivity index (χ2n) is 3.22. The first kappa shape index (κ1) is 10.5. The van der Waals surface area contributed by atoms with Gasteiger partial charge in [-0.1, -0.05) is 5.57 Å². The second kappa shape index (κ2) is 4.63. The van der Waals surface area contributed by atoms with Gasteiger partial charge in [-0.15, -0.1) is 12.4 Å². The average Bonchev–Trinajstić information content (AvgIpc) is 2.53. The molecule has 0 spiro atoms. The van der Waals surface area contributed by atoms with Crippen molar-refractivity contribution in [3.05, 3.63) is 11.1 Å². The Balaban J connectivity index is 0.000000845. The minimum atomic E-state index is -0.0769. The highest BCUT2D eigenvalue weighted by molar-refractivity contribution is 5.91. The van der Waals surface area contributed by atoms with Crippen molar-refractivity contribution in [1.82, 2.24) is 5.32 Å². The number of carbonyl (C=O) groups excluding carboxylic acids is 1. The largest absolute Gasteiger partial charge is 0.462 e. The standard InChI is InChI=1S/C9H13NO2.ClH/c11-9-8(3-6-12-9)7-1-4-10-5-2-7;/h10H,1-6H2;1H. The molecule has 2 saturated heterocycles. The Morgan fingerprint density at radius 2 is 1.85 bits per heavy atom. The molecule has 2 rings (SSSR count). The van der Waals surface area contributed by atoms with Gasteiger partial charge in [0.05, 0.1) is 6.61 Å². The molecule has 4 heteroatoms. The average molecular weight is 204 g/mol. The van der Waals surface area contributed by atoms with E-state index in [0.29, 0.717) is 6.61 Å². The molecular weight excluding hydrogens is 190 g/mol. The van der Waals surface area contributed by atoms with E-state index in [4.69, 9.17) is 4.74 Å². The molecule has 0 radical (unpaired) electrons. The minimum absolute atomic E-state index is 0. The van der Waals surface area contributed by atoms with Crippen LogP contribution < -0.4 is 5.32 Å². The van der Waals surface area contributed by atoms with E-state index in [1.165, 1.54) is 5.57 Å². The van der Waals surface area contributed by atoms with Gasteiger partial charge in [-0.3, -0.25) is 0 Å². The van der Waals surface area contributed by atoms with Crippen LogP contribution in [0.3, 0.4) is 0 Å². The number of cyclic esters (lactones) is 1. The summed E-state index contributed by atoms with van der Waals surface area (Å²) in [4.78, 5) is 11.2. The molecule has 0 saturated carbocycles. The van der Waals surface area contributed by atoms with Crippen LogP contribution in [0.1, 0.15) is 19.3 Å². The predicted molar refractivity (Wildman–Crippen MR) is 52.0 cm³/mol. The lowest BCUT2D eigenvalue weighted by Crippen LogP contribution is -2.24. The Kier molecular flexibility index (Phi) is 3.75. The molecule has 0 aromatic rings. The topological polar surface area (TPSA) is 38.3 Å². The molecule has 2 heterocycles. The third kappa shape index (κ3) is 2.23. The van der Waals surface area contributed by atoms with Gasteiger partial charge >= 0.3 is 5.97 Å². The molecule has 0 bridgehead atoms. The van der Waals surface area contributed by atoms with Gasteiger partial charge in [0.1, 0.15) is 0 Å². The van der Waals surface area contributed by atoms with Gasteiger partial charge in [0.25, 0.3) is 0 Å². The van der Waals surface area contributed by atoms with Crippen LogP contribution in [0.4, 0.5) is 0 Å². The summed E-state index contributed by atoms with van der Waals surface area (Å²) in [6.07, 6.45) is 2.86. The summed E-state index contributed by atoms with van der Waals surface area (Å²) in [7, 11) is 0. The van der Waals surface area contributed by atoms with E-state index in [1.54, 1.807) is 0 Å². The molecule has 0 atom stereocenters. The van der Waals surface area contributed by atoms with Crippen molar-refractivity contribution in [3.8, 4) is 0 Å². The molecule has 74 valence electrons. The molecular formula is C9H14ClNO2. The van der Waals surface area contributed by atoms with E-state index >= 15 is 0 Å². The SMILES string of the molecule is Cl.O=C1OCCC1=C1CCNCC1. The molecule has 0 amide bonds. The lowest BCUT2D eigenvalue weighted by atomic mass is 9.98. The lowest BCUT2D eigenvalue weighted by molar-refractivity contribution is -0.135. The monoisotopic (exact) mass is 203 g/mol. The van der Waals surface area contributed by atoms with Gasteiger partial charge in [-0.05, 0) is 25.9 Å². The van der Waals surface area contributed by atoms with E-state index < -0.39 is 0 Å². The van der Waals surface area contributed by atoms with Gasteiger partial charge < -0.3 is 10.1 Å². The summed E-state index contributed by atoms with van der Waals surface area (Å²) >= 11 is 0. The molecule has 0 aliphatic carbocycles. The Hall–Kier alpha value is -0.540. The summed E-state index contributed by atoms with van der Waals surface area (Å²) in [5.41, 5.74) is 2.27. The molecule has 0 unspecified atom stereocenters. The number of rotatable bonds is 0. The van der Waals surface area contributed by atoms with E-state index in [0.717, 1.165) is 37.9 Å². The Labute approximate surface area is 83.9 Å². The van der Waals surface area contributed by atoms with Crippen molar-refractivity contribution < 1.29 is 9.53 Å². The van der Waals surface area contributed by atoms with Crippen molar-refractivity contribution >= 4 is 18.4 Å². The number of piperidine rings is 1. The van der Waals surface area contributed by atoms with Gasteiger partial charge in [-0.2, -0.15) is 0 Å². The summed E-state index contributed by atoms with van der Waals surface area (Å²) in [5.74, 6) is -0.0769. The fourth-order valence-corrected chi connectivity index (χ4v) is 1.79. The molecule has 0 aromatic carbocycles. The number of carbonyl (C=O) groups is 1. The van der Waals surface area contributed by atoms with Crippen molar-refractivity contribution in [2.75, 3.05) is 19.7 Å². The zero-order valence-corrected chi connectivity index (χ0v) is 8.28. The highest BCUT2D eigenvalue weighted by atomic mass is 35.5. The second-order valence-corrected chi connectivity index (χ2v) is 3.22. The van der Waals surface area contributed by atoms with Crippen LogP contribution in [-0.4, -0.2) is 25.7 Å². The van der Waals surface area contributed by atoms with Crippen LogP contribution in [-0.2, 0) is 9.53 Å². The Bertz CT molecular complexity index is 230. The van der Waals surface area contributed by atoms with Crippen LogP contribution in [0.2, 0.25) is 0 Å². The van der Waals surface area contributed by atoms with E-state index in [2.05, 4.69) is 5.32 Å². The van der Waals surface area contributed by atoms with Crippen LogP contribution in [0.15, 0.2) is 11.1 Å². The van der Waals surface area contributed by atoms with Crippen LogP contribution in [0, 0.1) is 0 Å². The van der Waals surface area contributed by atoms with Gasteiger partial charge in [0.15, 0.2) is 0 Å². The van der Waals surface area contributed by atoms with Crippen molar-refractivity contribution in [3.63, 3.8) is 0 Å². The number of halogens is 1. The zero-order valence-electron chi connectivity index (χ0n) is 7.47. The van der Waals surface area contributed by atoms with Crippen LogP contribution >= 0.6 is 12.4 Å². The maximum absolute atomic E-state index is 11.2. The number of esters is 1. The molecule has 3 nitrogen and oxygen atoms in total. The predicted octanol–water partition coefficient (Wildman–Crippen LogP) is 1.04. The zero-order chi connectivity index (χ0) is 8.39. The van der Waals surface area contributed by atoms with E-state index in [-0.39, 0.29) is 18.4 Å². The van der Waals surface area contributed by atoms with Crippen LogP contribution in [0.5, 0.6) is 0 Å². The fourth-order valence-electron chi connectivity index (χ4n) is 1.79. The molecule has 1 N–H and O–H groups in total. The molecule has 2 aliphatic rings. The van der Waals surface area contributed by atoms with Gasteiger partial charge in [-0.25, -0.2) is 4.79 Å². The summed E-state index contributed by atoms with van der Waals surface area (Å²) in [6, 6.07) is 0. The molecule has 2 aliphatic heterocycles. The first-order valence-electron chi connectivity index (χ1n) is 4.46. The van der Waals surface area contributed by atoms with E-state index in [1.807, 2.05) is 0 Å². The highest BCUT2D eigenvalue weighted by Gasteiger charge is 2.23. The minimum Gasteiger partial charge on any atom is -0.462 e. The van der Waals surface area contributed by atoms with E-state index in [9.17, 15) is 4.79 Å². The molecule has 2 fully saturated rings. The highest BCUT2D eigenvalue weighted by Crippen LogP contribution is 2.23. The first-order chi connectivity index (χ1) is 5.88. The van der Waals surface area contributed by atoms with Crippen molar-refractivity contribution in [2.45, 2.75) is 19.3 Å².